The van der Waals surface area contributed by atoms with Crippen molar-refractivity contribution in [1.29, 1.82) is 0 Å². The lowest BCUT2D eigenvalue weighted by Gasteiger charge is -2.27. The number of likely N-dealkylation sites (tertiary alicyclic amines) is 1. The van der Waals surface area contributed by atoms with Gasteiger partial charge in [0.05, 0.1) is 17.4 Å². The largest absolute Gasteiger partial charge is 0.373 e. The van der Waals surface area contributed by atoms with Crippen molar-refractivity contribution in [2.24, 2.45) is 0 Å². The van der Waals surface area contributed by atoms with Gasteiger partial charge >= 0.3 is 0 Å². The number of hydrogen-bond acceptors (Lipinski definition) is 3. The van der Waals surface area contributed by atoms with Crippen LogP contribution < -0.4 is 4.90 Å². The van der Waals surface area contributed by atoms with Gasteiger partial charge in [-0.05, 0) is 31.7 Å². The Bertz CT molecular complexity index is 441. The van der Waals surface area contributed by atoms with E-state index in [4.69, 9.17) is 0 Å². The number of piperidine rings is 1. The molecule has 0 aromatic carbocycles. The molecule has 1 saturated heterocycles. The molecule has 0 N–H and O–H groups in total. The maximum atomic E-state index is 12.5. The van der Waals surface area contributed by atoms with Gasteiger partial charge in [0.1, 0.15) is 0 Å². The first-order valence-corrected chi connectivity index (χ1v) is 7.68. The Morgan fingerprint density at radius 1 is 1.30 bits per heavy atom. The normalized spacial score (nSPS) is 15.2. The molecule has 0 bridgehead atoms. The number of carbonyl (C=O) groups is 1. The quantitative estimate of drug-likeness (QED) is 0.829. The van der Waals surface area contributed by atoms with Gasteiger partial charge in [0.15, 0.2) is 0 Å². The maximum Gasteiger partial charge on any atom is 0.255 e. The van der Waals surface area contributed by atoms with Crippen LogP contribution in [-0.2, 0) is 0 Å². The van der Waals surface area contributed by atoms with Crippen molar-refractivity contribution in [3.05, 3.63) is 24.0 Å². The number of rotatable bonds is 5. The standard InChI is InChI=1S/C16H25N3O/c1-3-4-8-18(2)15-11-14(12-17-13-15)16(20)19-9-6-5-7-10-19/h11-13H,3-10H2,1-2H3. The number of anilines is 1. The highest BCUT2D eigenvalue weighted by atomic mass is 16.2. The van der Waals surface area contributed by atoms with Crippen molar-refractivity contribution in [2.75, 3.05) is 31.6 Å². The van der Waals surface area contributed by atoms with Crippen molar-refractivity contribution in [3.8, 4) is 0 Å². The third-order valence-electron chi connectivity index (χ3n) is 3.90. The van der Waals surface area contributed by atoms with Gasteiger partial charge in [0.2, 0.25) is 0 Å². The van der Waals surface area contributed by atoms with E-state index in [1.165, 1.54) is 12.8 Å². The van der Waals surface area contributed by atoms with Gasteiger partial charge in [-0.2, -0.15) is 0 Å². The van der Waals surface area contributed by atoms with Crippen LogP contribution in [-0.4, -0.2) is 42.5 Å². The first-order chi connectivity index (χ1) is 9.72. The van der Waals surface area contributed by atoms with E-state index < -0.39 is 0 Å². The molecule has 1 aromatic rings. The highest BCUT2D eigenvalue weighted by Crippen LogP contribution is 2.17. The fourth-order valence-electron chi connectivity index (χ4n) is 2.56. The Morgan fingerprint density at radius 2 is 2.05 bits per heavy atom. The molecule has 1 fully saturated rings. The summed E-state index contributed by atoms with van der Waals surface area (Å²) in [6.07, 6.45) is 9.33. The molecular weight excluding hydrogens is 250 g/mol. The van der Waals surface area contributed by atoms with Crippen LogP contribution in [0.5, 0.6) is 0 Å². The number of aromatic nitrogens is 1. The van der Waals surface area contributed by atoms with Crippen LogP contribution in [0.1, 0.15) is 49.4 Å². The number of hydrogen-bond donors (Lipinski definition) is 0. The molecule has 4 heteroatoms. The molecule has 0 radical (unpaired) electrons. The molecule has 1 aliphatic rings. The molecule has 20 heavy (non-hydrogen) atoms. The summed E-state index contributed by atoms with van der Waals surface area (Å²) in [6, 6.07) is 1.97. The Kier molecular flexibility index (Phi) is 5.39. The third-order valence-corrected chi connectivity index (χ3v) is 3.90. The lowest BCUT2D eigenvalue weighted by molar-refractivity contribution is 0.0724. The van der Waals surface area contributed by atoms with E-state index in [1.54, 1.807) is 6.20 Å². The van der Waals surface area contributed by atoms with Gasteiger partial charge < -0.3 is 9.80 Å². The second kappa shape index (κ2) is 7.27. The number of nitrogens with zero attached hydrogens (tertiary/aromatic N) is 3. The highest BCUT2D eigenvalue weighted by molar-refractivity contribution is 5.94. The van der Waals surface area contributed by atoms with Crippen LogP contribution in [0.15, 0.2) is 18.5 Å². The van der Waals surface area contributed by atoms with Crippen molar-refractivity contribution in [3.63, 3.8) is 0 Å². The van der Waals surface area contributed by atoms with Gasteiger partial charge in [-0.3, -0.25) is 9.78 Å². The summed E-state index contributed by atoms with van der Waals surface area (Å²) >= 11 is 0. The molecule has 110 valence electrons. The summed E-state index contributed by atoms with van der Waals surface area (Å²) in [5.41, 5.74) is 1.74. The maximum absolute atomic E-state index is 12.5. The lowest BCUT2D eigenvalue weighted by atomic mass is 10.1. The number of carbonyl (C=O) groups excluding carboxylic acids is 1. The van der Waals surface area contributed by atoms with Crippen molar-refractivity contribution < 1.29 is 4.79 Å². The van der Waals surface area contributed by atoms with Crippen molar-refractivity contribution in [1.82, 2.24) is 9.88 Å². The van der Waals surface area contributed by atoms with Crippen molar-refractivity contribution in [2.45, 2.75) is 39.0 Å². The summed E-state index contributed by atoms with van der Waals surface area (Å²) in [5, 5.41) is 0. The number of amides is 1. The summed E-state index contributed by atoms with van der Waals surface area (Å²) in [6.45, 7) is 4.95. The average molecular weight is 275 g/mol. The van der Waals surface area contributed by atoms with Crippen LogP contribution in [0.2, 0.25) is 0 Å². The van der Waals surface area contributed by atoms with Crippen LogP contribution in [0.4, 0.5) is 5.69 Å². The van der Waals surface area contributed by atoms with E-state index in [0.717, 1.165) is 44.6 Å². The molecule has 0 aliphatic carbocycles. The second-order valence-corrected chi connectivity index (χ2v) is 5.56. The predicted molar refractivity (Wildman–Crippen MR) is 82.2 cm³/mol. The molecule has 1 aromatic heterocycles. The molecule has 1 aliphatic heterocycles. The first kappa shape index (κ1) is 14.8. The average Bonchev–Trinajstić information content (AvgIpc) is 2.52. The molecule has 4 nitrogen and oxygen atoms in total. The molecule has 1 amide bonds. The van der Waals surface area contributed by atoms with Gasteiger partial charge in [-0.15, -0.1) is 0 Å². The Balaban J connectivity index is 2.06. The van der Waals surface area contributed by atoms with E-state index in [2.05, 4.69) is 23.9 Å². The number of unbranched alkanes of at least 4 members (excludes halogenated alkanes) is 1. The molecule has 0 unspecified atom stereocenters. The molecule has 2 rings (SSSR count). The summed E-state index contributed by atoms with van der Waals surface area (Å²) in [5.74, 6) is 0.128. The molecule has 0 saturated carbocycles. The minimum atomic E-state index is 0.128. The smallest absolute Gasteiger partial charge is 0.255 e. The summed E-state index contributed by atoms with van der Waals surface area (Å²) in [4.78, 5) is 20.8. The Labute approximate surface area is 121 Å². The van der Waals surface area contributed by atoms with E-state index in [1.807, 2.05) is 17.2 Å². The predicted octanol–water partition coefficient (Wildman–Crippen LogP) is 2.94. The number of pyridine rings is 1. The highest BCUT2D eigenvalue weighted by Gasteiger charge is 2.18. The van der Waals surface area contributed by atoms with Gasteiger partial charge in [0.25, 0.3) is 5.91 Å². The van der Waals surface area contributed by atoms with E-state index in [0.29, 0.717) is 5.56 Å². The lowest BCUT2D eigenvalue weighted by Crippen LogP contribution is -2.35. The van der Waals surface area contributed by atoms with E-state index in [-0.39, 0.29) is 5.91 Å². The molecular formula is C16H25N3O. The molecule has 0 atom stereocenters. The zero-order chi connectivity index (χ0) is 14.4. The van der Waals surface area contributed by atoms with Crippen LogP contribution >= 0.6 is 0 Å². The minimum absolute atomic E-state index is 0.128. The van der Waals surface area contributed by atoms with Gasteiger partial charge in [-0.1, -0.05) is 13.3 Å². The van der Waals surface area contributed by atoms with Gasteiger partial charge in [0, 0.05) is 32.9 Å². The van der Waals surface area contributed by atoms with Gasteiger partial charge in [-0.25, -0.2) is 0 Å². The molecule has 2 heterocycles. The zero-order valence-electron chi connectivity index (χ0n) is 12.6. The zero-order valence-corrected chi connectivity index (χ0v) is 12.6. The van der Waals surface area contributed by atoms with E-state index >= 15 is 0 Å². The van der Waals surface area contributed by atoms with E-state index in [9.17, 15) is 4.79 Å². The van der Waals surface area contributed by atoms with Crippen LogP contribution in [0, 0.1) is 0 Å². The van der Waals surface area contributed by atoms with Crippen LogP contribution in [0.25, 0.3) is 0 Å². The topological polar surface area (TPSA) is 36.4 Å². The fraction of sp³-hybridized carbons (Fsp3) is 0.625. The SMILES string of the molecule is CCCCN(C)c1cncc(C(=O)N2CCCCC2)c1. The monoisotopic (exact) mass is 275 g/mol. The fourth-order valence-corrected chi connectivity index (χ4v) is 2.56. The minimum Gasteiger partial charge on any atom is -0.373 e. The Hall–Kier alpha value is -1.58. The second-order valence-electron chi connectivity index (χ2n) is 5.56. The molecule has 0 spiro atoms. The summed E-state index contributed by atoms with van der Waals surface area (Å²) < 4.78 is 0. The van der Waals surface area contributed by atoms with Crippen molar-refractivity contribution >= 4 is 11.6 Å². The third kappa shape index (κ3) is 3.71. The summed E-state index contributed by atoms with van der Waals surface area (Å²) in [7, 11) is 2.06. The van der Waals surface area contributed by atoms with Crippen LogP contribution in [0.3, 0.4) is 0 Å². The Morgan fingerprint density at radius 3 is 2.75 bits per heavy atom. The first-order valence-electron chi connectivity index (χ1n) is 7.68.